The summed E-state index contributed by atoms with van der Waals surface area (Å²) in [6.07, 6.45) is 4.68. The van der Waals surface area contributed by atoms with Crippen molar-refractivity contribution in [3.05, 3.63) is 12.0 Å². The Kier molecular flexibility index (Phi) is 2.87. The van der Waals surface area contributed by atoms with Gasteiger partial charge in [-0.1, -0.05) is 6.92 Å². The zero-order valence-electron chi connectivity index (χ0n) is 10.6. The molecule has 0 saturated carbocycles. The molecule has 1 unspecified atom stereocenters. The highest BCUT2D eigenvalue weighted by Gasteiger charge is 2.21. The Balaban J connectivity index is 2.14. The quantitative estimate of drug-likeness (QED) is 0.822. The lowest BCUT2D eigenvalue weighted by atomic mass is 10.1. The van der Waals surface area contributed by atoms with Gasteiger partial charge in [-0.2, -0.15) is 5.10 Å². The molecular formula is C12H18N6. The maximum atomic E-state index is 5.96. The molecule has 0 spiro atoms. The maximum absolute atomic E-state index is 5.96. The van der Waals surface area contributed by atoms with Crippen molar-refractivity contribution in [3.63, 3.8) is 0 Å². The van der Waals surface area contributed by atoms with E-state index in [4.69, 9.17) is 5.73 Å². The molecule has 0 aliphatic carbocycles. The number of nitrogens with two attached hydrogens (primary N) is 1. The molecular weight excluding hydrogens is 228 g/mol. The van der Waals surface area contributed by atoms with E-state index in [1.165, 1.54) is 12.7 Å². The lowest BCUT2D eigenvalue weighted by molar-refractivity contribution is 0.352. The number of aromatic nitrogens is 4. The van der Waals surface area contributed by atoms with Crippen LogP contribution < -0.4 is 11.1 Å². The monoisotopic (exact) mass is 246 g/mol. The molecule has 0 aromatic carbocycles. The van der Waals surface area contributed by atoms with Gasteiger partial charge in [0.05, 0.1) is 17.1 Å². The third kappa shape index (κ3) is 1.73. The van der Waals surface area contributed by atoms with Gasteiger partial charge in [0.15, 0.2) is 5.65 Å². The van der Waals surface area contributed by atoms with E-state index in [0.29, 0.717) is 11.9 Å². The van der Waals surface area contributed by atoms with Crippen LogP contribution in [0.25, 0.3) is 11.0 Å². The number of hydrogen-bond acceptors (Lipinski definition) is 5. The van der Waals surface area contributed by atoms with Crippen molar-refractivity contribution < 1.29 is 0 Å². The first-order chi connectivity index (χ1) is 8.81. The summed E-state index contributed by atoms with van der Waals surface area (Å²) in [6, 6.07) is 0.371. The summed E-state index contributed by atoms with van der Waals surface area (Å²) in [7, 11) is 0. The minimum absolute atomic E-state index is 0.371. The van der Waals surface area contributed by atoms with Crippen LogP contribution in [0.4, 0.5) is 5.82 Å². The van der Waals surface area contributed by atoms with Crippen molar-refractivity contribution in [1.29, 1.82) is 0 Å². The first-order valence-electron chi connectivity index (χ1n) is 6.49. The molecule has 6 nitrogen and oxygen atoms in total. The van der Waals surface area contributed by atoms with E-state index in [0.717, 1.165) is 42.7 Å². The van der Waals surface area contributed by atoms with Gasteiger partial charge in [0.25, 0.3) is 0 Å². The zero-order valence-corrected chi connectivity index (χ0v) is 10.6. The smallest absolute Gasteiger partial charge is 0.163 e. The number of rotatable bonds is 2. The van der Waals surface area contributed by atoms with E-state index in [9.17, 15) is 0 Å². The summed E-state index contributed by atoms with van der Waals surface area (Å²) in [5.74, 6) is 0.534. The molecule has 6 heteroatoms. The number of piperidine rings is 1. The van der Waals surface area contributed by atoms with Crippen LogP contribution in [0.1, 0.15) is 31.5 Å². The van der Waals surface area contributed by atoms with E-state index in [1.54, 1.807) is 0 Å². The number of nitrogen functional groups attached to an aromatic ring is 1. The molecule has 0 bridgehead atoms. The van der Waals surface area contributed by atoms with Gasteiger partial charge < -0.3 is 11.1 Å². The fraction of sp³-hybridized carbons (Fsp3) is 0.583. The minimum Gasteiger partial charge on any atom is -0.383 e. The fourth-order valence-electron chi connectivity index (χ4n) is 2.61. The number of nitrogens with zero attached hydrogens (tertiary/aromatic N) is 4. The summed E-state index contributed by atoms with van der Waals surface area (Å²) >= 11 is 0. The molecule has 1 atom stereocenters. The van der Waals surface area contributed by atoms with Gasteiger partial charge in [0.2, 0.25) is 0 Å². The van der Waals surface area contributed by atoms with Crippen molar-refractivity contribution in [3.8, 4) is 0 Å². The summed E-state index contributed by atoms with van der Waals surface area (Å²) in [5.41, 5.74) is 7.82. The third-order valence-electron chi connectivity index (χ3n) is 3.54. The number of anilines is 1. The lowest BCUT2D eigenvalue weighted by Gasteiger charge is -2.23. The van der Waals surface area contributed by atoms with Crippen LogP contribution in [0.5, 0.6) is 0 Å². The highest BCUT2D eigenvalue weighted by molar-refractivity contribution is 5.88. The third-order valence-corrected chi connectivity index (χ3v) is 3.54. The van der Waals surface area contributed by atoms with Gasteiger partial charge in [0, 0.05) is 6.54 Å². The highest BCUT2D eigenvalue weighted by atomic mass is 15.3. The molecule has 0 radical (unpaired) electrons. The molecule has 2 aromatic rings. The van der Waals surface area contributed by atoms with Crippen molar-refractivity contribution in [1.82, 2.24) is 25.1 Å². The van der Waals surface area contributed by atoms with E-state index >= 15 is 0 Å². The van der Waals surface area contributed by atoms with Gasteiger partial charge in [-0.25, -0.2) is 14.6 Å². The Bertz CT molecular complexity index is 555. The number of aryl methyl sites for hydroxylation is 1. The molecule has 1 aliphatic rings. The molecule has 0 amide bonds. The SMILES string of the molecule is CCc1nn(C2CCCNC2)c2ncnc(N)c12. The summed E-state index contributed by atoms with van der Waals surface area (Å²) < 4.78 is 2.03. The zero-order chi connectivity index (χ0) is 12.5. The molecule has 1 saturated heterocycles. The van der Waals surface area contributed by atoms with E-state index in [-0.39, 0.29) is 0 Å². The fourth-order valence-corrected chi connectivity index (χ4v) is 2.61. The number of nitrogens with one attached hydrogen (secondary N) is 1. The Morgan fingerprint density at radius 2 is 2.39 bits per heavy atom. The van der Waals surface area contributed by atoms with E-state index in [1.807, 2.05) is 4.68 Å². The van der Waals surface area contributed by atoms with Gasteiger partial charge in [-0.05, 0) is 25.8 Å². The van der Waals surface area contributed by atoms with Crippen LogP contribution in [-0.2, 0) is 6.42 Å². The predicted molar refractivity (Wildman–Crippen MR) is 70.3 cm³/mol. The molecule has 18 heavy (non-hydrogen) atoms. The first-order valence-corrected chi connectivity index (χ1v) is 6.49. The first kappa shape index (κ1) is 11.4. The maximum Gasteiger partial charge on any atom is 0.163 e. The van der Waals surface area contributed by atoms with Crippen LogP contribution in [0.15, 0.2) is 6.33 Å². The van der Waals surface area contributed by atoms with Crippen LogP contribution in [0, 0.1) is 0 Å². The van der Waals surface area contributed by atoms with Gasteiger partial charge in [-0.15, -0.1) is 0 Å². The van der Waals surface area contributed by atoms with E-state index in [2.05, 4.69) is 27.3 Å². The standard InChI is InChI=1S/C12H18N6/c1-2-9-10-11(13)15-7-16-12(10)18(17-9)8-4-3-5-14-6-8/h7-8,14H,2-6H2,1H3,(H2,13,15,16). The predicted octanol–water partition coefficient (Wildman–Crippen LogP) is 0.895. The van der Waals surface area contributed by atoms with Gasteiger partial charge >= 0.3 is 0 Å². The summed E-state index contributed by atoms with van der Waals surface area (Å²) in [5, 5.41) is 9.01. The van der Waals surface area contributed by atoms with Gasteiger partial charge in [0.1, 0.15) is 12.1 Å². The van der Waals surface area contributed by atoms with Crippen LogP contribution in [0.2, 0.25) is 0 Å². The summed E-state index contributed by atoms with van der Waals surface area (Å²) in [6.45, 7) is 4.12. The molecule has 96 valence electrons. The number of fused-ring (bicyclic) bond motifs is 1. The average Bonchev–Trinajstić information content (AvgIpc) is 2.80. The van der Waals surface area contributed by atoms with Gasteiger partial charge in [-0.3, -0.25) is 0 Å². The van der Waals surface area contributed by atoms with Crippen molar-refractivity contribution >= 4 is 16.9 Å². The Morgan fingerprint density at radius 3 is 3.11 bits per heavy atom. The van der Waals surface area contributed by atoms with Crippen molar-refractivity contribution in [2.45, 2.75) is 32.2 Å². The second-order valence-corrected chi connectivity index (χ2v) is 4.70. The molecule has 3 rings (SSSR count). The molecule has 3 heterocycles. The summed E-state index contributed by atoms with van der Waals surface area (Å²) in [4.78, 5) is 8.44. The molecule has 3 N–H and O–H groups in total. The molecule has 1 aliphatic heterocycles. The normalized spacial score (nSPS) is 20.4. The van der Waals surface area contributed by atoms with Crippen LogP contribution in [0.3, 0.4) is 0 Å². The molecule has 1 fully saturated rings. The second kappa shape index (κ2) is 4.53. The largest absolute Gasteiger partial charge is 0.383 e. The minimum atomic E-state index is 0.371. The van der Waals surface area contributed by atoms with Crippen LogP contribution >= 0.6 is 0 Å². The Labute approximate surface area is 106 Å². The second-order valence-electron chi connectivity index (χ2n) is 4.70. The topological polar surface area (TPSA) is 81.7 Å². The van der Waals surface area contributed by atoms with Crippen molar-refractivity contribution in [2.75, 3.05) is 18.8 Å². The van der Waals surface area contributed by atoms with Crippen molar-refractivity contribution in [2.24, 2.45) is 0 Å². The Morgan fingerprint density at radius 1 is 1.50 bits per heavy atom. The Hall–Kier alpha value is -1.69. The van der Waals surface area contributed by atoms with Crippen LogP contribution in [-0.4, -0.2) is 32.8 Å². The van der Waals surface area contributed by atoms with E-state index < -0.39 is 0 Å². The highest BCUT2D eigenvalue weighted by Crippen LogP contribution is 2.26. The lowest BCUT2D eigenvalue weighted by Crippen LogP contribution is -2.32. The number of hydrogen-bond donors (Lipinski definition) is 2. The average molecular weight is 246 g/mol. The molecule has 2 aromatic heterocycles.